The molecule has 1 saturated carbocycles. The number of carbonyl (C=O) groups excluding carboxylic acids is 1. The Kier molecular flexibility index (Phi) is 4.55. The first-order valence-electron chi connectivity index (χ1n) is 8.70. The first-order valence-corrected chi connectivity index (χ1v) is 8.70. The van der Waals surface area contributed by atoms with Crippen LogP contribution in [0.3, 0.4) is 0 Å². The molecular weight excluding hydrogens is 322 g/mol. The van der Waals surface area contributed by atoms with Crippen molar-refractivity contribution in [3.05, 3.63) is 39.9 Å². The molecule has 7 heteroatoms. The fourth-order valence-corrected chi connectivity index (χ4v) is 4.29. The maximum absolute atomic E-state index is 12.8. The van der Waals surface area contributed by atoms with Crippen molar-refractivity contribution in [1.82, 2.24) is 5.32 Å². The number of fused-ring (bicyclic) bond motifs is 1. The number of nitrogens with zero attached hydrogens (tertiary/aromatic N) is 1. The minimum Gasteiger partial charge on any atom is -0.377 e. The number of nitro groups is 1. The summed E-state index contributed by atoms with van der Waals surface area (Å²) in [4.78, 5) is 23.0. The lowest BCUT2D eigenvalue weighted by atomic mass is 9.46. The molecule has 7 nitrogen and oxygen atoms in total. The van der Waals surface area contributed by atoms with Gasteiger partial charge in [-0.15, -0.1) is 0 Å². The molecular formula is C18H25N3O4. The van der Waals surface area contributed by atoms with Crippen molar-refractivity contribution in [2.45, 2.75) is 44.8 Å². The second-order valence-corrected chi connectivity index (χ2v) is 7.56. The van der Waals surface area contributed by atoms with Gasteiger partial charge in [0.25, 0.3) is 5.69 Å². The molecule has 3 atom stereocenters. The highest BCUT2D eigenvalue weighted by molar-refractivity contribution is 5.89. The second-order valence-electron chi connectivity index (χ2n) is 7.56. The van der Waals surface area contributed by atoms with Crippen LogP contribution >= 0.6 is 0 Å². The lowest BCUT2D eigenvalue weighted by Gasteiger charge is -2.65. The summed E-state index contributed by atoms with van der Waals surface area (Å²) in [7, 11) is 0. The van der Waals surface area contributed by atoms with E-state index >= 15 is 0 Å². The number of nitro benzene ring substituents is 1. The number of amides is 1. The summed E-state index contributed by atoms with van der Waals surface area (Å²) in [6.07, 6.45) is 2.50. The van der Waals surface area contributed by atoms with E-state index in [2.05, 4.69) is 5.32 Å². The van der Waals surface area contributed by atoms with E-state index in [-0.39, 0.29) is 23.6 Å². The molecule has 136 valence electrons. The maximum Gasteiger partial charge on any atom is 0.269 e. The Hall–Kier alpha value is -1.99. The highest BCUT2D eigenvalue weighted by atomic mass is 16.6. The van der Waals surface area contributed by atoms with E-state index in [9.17, 15) is 14.9 Å². The second kappa shape index (κ2) is 6.38. The van der Waals surface area contributed by atoms with Crippen LogP contribution in [0.15, 0.2) is 24.3 Å². The van der Waals surface area contributed by atoms with Crippen LogP contribution in [0.25, 0.3) is 0 Å². The SMILES string of the molecule is CC1(C)C2OCCCC2C1(N)C(=O)NCCc1ccc([N+](=O)[O-])cc1. The van der Waals surface area contributed by atoms with Crippen molar-refractivity contribution in [3.8, 4) is 0 Å². The van der Waals surface area contributed by atoms with Crippen LogP contribution in [0.2, 0.25) is 0 Å². The first kappa shape index (κ1) is 17.8. The van der Waals surface area contributed by atoms with Crippen molar-refractivity contribution < 1.29 is 14.5 Å². The Bertz CT molecular complexity index is 673. The standard InChI is InChI=1S/C18H25N3O4/c1-17(2)15-14(4-3-11-25-15)18(17,19)16(22)20-10-9-12-5-7-13(8-6-12)21(23)24/h5-8,14-15H,3-4,9-11,19H2,1-2H3,(H,20,22). The molecule has 25 heavy (non-hydrogen) atoms. The van der Waals surface area contributed by atoms with Crippen molar-refractivity contribution in [3.63, 3.8) is 0 Å². The number of rotatable bonds is 5. The van der Waals surface area contributed by atoms with E-state index in [1.165, 1.54) is 12.1 Å². The highest BCUT2D eigenvalue weighted by Crippen LogP contribution is 2.57. The summed E-state index contributed by atoms with van der Waals surface area (Å²) >= 11 is 0. The van der Waals surface area contributed by atoms with E-state index in [0.29, 0.717) is 13.0 Å². The van der Waals surface area contributed by atoms with Crippen LogP contribution in [-0.4, -0.2) is 35.6 Å². The molecule has 1 aromatic carbocycles. The number of benzene rings is 1. The van der Waals surface area contributed by atoms with Gasteiger partial charge in [-0.25, -0.2) is 0 Å². The van der Waals surface area contributed by atoms with Gasteiger partial charge in [-0.05, 0) is 24.8 Å². The van der Waals surface area contributed by atoms with Gasteiger partial charge in [-0.2, -0.15) is 0 Å². The summed E-state index contributed by atoms with van der Waals surface area (Å²) < 4.78 is 5.83. The van der Waals surface area contributed by atoms with Crippen LogP contribution in [0.5, 0.6) is 0 Å². The number of nitrogens with two attached hydrogens (primary N) is 1. The Morgan fingerprint density at radius 3 is 2.72 bits per heavy atom. The maximum atomic E-state index is 12.8. The average molecular weight is 347 g/mol. The minimum absolute atomic E-state index is 0.0478. The van der Waals surface area contributed by atoms with Crippen LogP contribution < -0.4 is 11.1 Å². The predicted octanol–water partition coefficient (Wildman–Crippen LogP) is 1.79. The summed E-state index contributed by atoms with van der Waals surface area (Å²) in [5.41, 5.74) is 6.24. The van der Waals surface area contributed by atoms with Gasteiger partial charge in [0.15, 0.2) is 0 Å². The summed E-state index contributed by atoms with van der Waals surface area (Å²) in [6.45, 7) is 5.18. The van der Waals surface area contributed by atoms with Crippen molar-refractivity contribution in [1.29, 1.82) is 0 Å². The number of ether oxygens (including phenoxy) is 1. The molecule has 1 aliphatic heterocycles. The molecule has 0 spiro atoms. The van der Waals surface area contributed by atoms with Gasteiger partial charge in [0.1, 0.15) is 5.54 Å². The van der Waals surface area contributed by atoms with Crippen molar-refractivity contribution in [2.24, 2.45) is 17.1 Å². The number of non-ortho nitro benzene ring substituents is 1. The molecule has 1 aromatic rings. The quantitative estimate of drug-likeness (QED) is 0.624. The molecule has 2 fully saturated rings. The fourth-order valence-electron chi connectivity index (χ4n) is 4.29. The Morgan fingerprint density at radius 2 is 2.08 bits per heavy atom. The molecule has 0 aromatic heterocycles. The summed E-state index contributed by atoms with van der Waals surface area (Å²) in [5.74, 6) is -0.0678. The molecule has 3 rings (SSSR count). The van der Waals surface area contributed by atoms with Crippen molar-refractivity contribution >= 4 is 11.6 Å². The third kappa shape index (κ3) is 2.81. The van der Waals surface area contributed by atoms with Crippen LogP contribution in [-0.2, 0) is 16.0 Å². The molecule has 1 saturated heterocycles. The monoisotopic (exact) mass is 347 g/mol. The Morgan fingerprint density at radius 1 is 1.40 bits per heavy atom. The van der Waals surface area contributed by atoms with E-state index in [1.807, 2.05) is 13.8 Å². The van der Waals surface area contributed by atoms with E-state index in [1.54, 1.807) is 12.1 Å². The summed E-state index contributed by atoms with van der Waals surface area (Å²) in [5, 5.41) is 13.6. The first-order chi connectivity index (χ1) is 11.8. The largest absolute Gasteiger partial charge is 0.377 e. The molecule has 3 N–H and O–H groups in total. The zero-order valence-corrected chi connectivity index (χ0v) is 14.7. The van der Waals surface area contributed by atoms with Gasteiger partial charge in [0.05, 0.1) is 11.0 Å². The number of carbonyl (C=O) groups is 1. The van der Waals surface area contributed by atoms with Gasteiger partial charge in [0, 0.05) is 36.6 Å². The number of nitrogens with one attached hydrogen (secondary N) is 1. The normalized spacial score (nSPS) is 30.0. The Balaban J connectivity index is 1.58. The van der Waals surface area contributed by atoms with Gasteiger partial charge in [-0.3, -0.25) is 14.9 Å². The lowest BCUT2D eigenvalue weighted by Crippen LogP contribution is -2.82. The number of hydrogen-bond donors (Lipinski definition) is 2. The molecule has 1 heterocycles. The predicted molar refractivity (Wildman–Crippen MR) is 93.0 cm³/mol. The van der Waals surface area contributed by atoms with Gasteiger partial charge < -0.3 is 15.8 Å². The Labute approximate surface area is 147 Å². The number of hydrogen-bond acceptors (Lipinski definition) is 5. The minimum atomic E-state index is -0.909. The highest BCUT2D eigenvalue weighted by Gasteiger charge is 2.70. The van der Waals surface area contributed by atoms with Crippen LogP contribution in [0, 0.1) is 21.4 Å². The lowest BCUT2D eigenvalue weighted by molar-refractivity contribution is -0.384. The van der Waals surface area contributed by atoms with Crippen molar-refractivity contribution in [2.75, 3.05) is 13.2 Å². The molecule has 2 aliphatic rings. The van der Waals surface area contributed by atoms with E-state index in [4.69, 9.17) is 10.5 Å². The third-order valence-corrected chi connectivity index (χ3v) is 5.91. The zero-order chi connectivity index (χ0) is 18.2. The smallest absolute Gasteiger partial charge is 0.269 e. The van der Waals surface area contributed by atoms with Crippen LogP contribution in [0.1, 0.15) is 32.3 Å². The molecule has 1 amide bonds. The summed E-state index contributed by atoms with van der Waals surface area (Å²) in [6, 6.07) is 6.36. The average Bonchev–Trinajstić information content (AvgIpc) is 2.61. The van der Waals surface area contributed by atoms with Crippen LogP contribution in [0.4, 0.5) is 5.69 Å². The zero-order valence-electron chi connectivity index (χ0n) is 14.7. The molecule has 3 unspecified atom stereocenters. The topological polar surface area (TPSA) is 107 Å². The molecule has 0 bridgehead atoms. The molecule has 1 aliphatic carbocycles. The van der Waals surface area contributed by atoms with E-state index in [0.717, 1.165) is 25.0 Å². The molecule has 0 radical (unpaired) electrons. The van der Waals surface area contributed by atoms with Gasteiger partial charge >= 0.3 is 0 Å². The van der Waals surface area contributed by atoms with Gasteiger partial charge in [-0.1, -0.05) is 26.0 Å². The van der Waals surface area contributed by atoms with E-state index < -0.39 is 15.9 Å². The third-order valence-electron chi connectivity index (χ3n) is 5.91. The van der Waals surface area contributed by atoms with Gasteiger partial charge in [0.2, 0.25) is 5.91 Å². The fraction of sp³-hybridized carbons (Fsp3) is 0.611.